The van der Waals surface area contributed by atoms with Crippen LogP contribution < -0.4 is 0 Å². The average Bonchev–Trinajstić information content (AvgIpc) is 2.58. The van der Waals surface area contributed by atoms with Crippen molar-refractivity contribution in [1.29, 1.82) is 10.8 Å². The van der Waals surface area contributed by atoms with E-state index in [9.17, 15) is 4.79 Å². The summed E-state index contributed by atoms with van der Waals surface area (Å²) in [5, 5.41) is 27.4. The van der Waals surface area contributed by atoms with Crippen molar-refractivity contribution in [3.05, 3.63) is 47.5 Å². The molecule has 2 rings (SSSR count). The number of halogens is 1. The van der Waals surface area contributed by atoms with Crippen LogP contribution in [-0.4, -0.2) is 31.6 Å². The zero-order chi connectivity index (χ0) is 19.3. The third-order valence-electron chi connectivity index (χ3n) is 4.04. The molecule has 7 heteroatoms. The summed E-state index contributed by atoms with van der Waals surface area (Å²) in [6.45, 7) is 4.70. The molecule has 0 amide bonds. The standard InChI is InChI=1S/C19H22BrN3O2S/c1-12(2)14-8-7-13(15-5-3-4-6-16(14)15)11-23(18(20)21)19(22)26-10-9-17(24)25/h3-8,12,21-22H,9-11H2,1-2H3,(H,24,25). The topological polar surface area (TPSA) is 88.2 Å². The Hall–Kier alpha value is -1.86. The van der Waals surface area contributed by atoms with Gasteiger partial charge in [0.05, 0.1) is 13.0 Å². The monoisotopic (exact) mass is 435 g/mol. The lowest BCUT2D eigenvalue weighted by Gasteiger charge is -2.23. The van der Waals surface area contributed by atoms with Crippen LogP contribution in [0.25, 0.3) is 10.8 Å². The Morgan fingerprint density at radius 2 is 1.85 bits per heavy atom. The summed E-state index contributed by atoms with van der Waals surface area (Å²) in [4.78, 5) is 12.2. The zero-order valence-corrected chi connectivity index (χ0v) is 17.2. The maximum atomic E-state index is 10.7. The lowest BCUT2D eigenvalue weighted by Crippen LogP contribution is -2.30. The summed E-state index contributed by atoms with van der Waals surface area (Å²) < 4.78 is 0.0855. The molecule has 0 saturated carbocycles. The molecule has 26 heavy (non-hydrogen) atoms. The summed E-state index contributed by atoms with van der Waals surface area (Å²) in [6.07, 6.45) is -0.0114. The highest BCUT2D eigenvalue weighted by molar-refractivity contribution is 9.18. The lowest BCUT2D eigenvalue weighted by molar-refractivity contribution is -0.136. The fraction of sp³-hybridized carbons (Fsp3) is 0.316. The number of carbonyl (C=O) groups is 1. The zero-order valence-electron chi connectivity index (χ0n) is 14.8. The SMILES string of the molecule is CC(C)c1ccc(CN(C(=N)Br)C(=N)SCCC(=O)O)c2ccccc12. The summed E-state index contributed by atoms with van der Waals surface area (Å²) in [5.74, 6) is -0.178. The number of benzene rings is 2. The van der Waals surface area contributed by atoms with E-state index in [2.05, 4.69) is 54.0 Å². The molecule has 0 fully saturated rings. The molecule has 0 aliphatic carbocycles. The van der Waals surface area contributed by atoms with Gasteiger partial charge in [0.1, 0.15) is 0 Å². The molecule has 0 unspecified atom stereocenters. The van der Waals surface area contributed by atoms with Crippen molar-refractivity contribution < 1.29 is 9.90 Å². The molecule has 0 atom stereocenters. The number of amidine groups is 2. The number of carboxylic acids is 1. The number of thioether (sulfide) groups is 1. The van der Waals surface area contributed by atoms with Crippen molar-refractivity contribution in [2.24, 2.45) is 0 Å². The van der Waals surface area contributed by atoms with E-state index in [0.717, 1.165) is 22.7 Å². The predicted octanol–water partition coefficient (Wildman–Crippen LogP) is 5.24. The van der Waals surface area contributed by atoms with E-state index in [4.69, 9.17) is 15.9 Å². The second kappa shape index (κ2) is 9.19. The molecule has 0 aliphatic rings. The minimum atomic E-state index is -0.888. The van der Waals surface area contributed by atoms with Crippen LogP contribution in [0.4, 0.5) is 0 Å². The van der Waals surface area contributed by atoms with Crippen LogP contribution in [0.1, 0.15) is 37.3 Å². The predicted molar refractivity (Wildman–Crippen MR) is 113 cm³/mol. The normalized spacial score (nSPS) is 10.9. The molecule has 0 bridgehead atoms. The molecule has 2 aromatic rings. The van der Waals surface area contributed by atoms with Crippen LogP contribution in [0.15, 0.2) is 36.4 Å². The number of rotatable bonds is 6. The molecule has 3 N–H and O–H groups in total. The van der Waals surface area contributed by atoms with Gasteiger partial charge in [-0.15, -0.1) is 0 Å². The second-order valence-electron chi connectivity index (χ2n) is 6.19. The minimum absolute atomic E-state index is 0.0114. The van der Waals surface area contributed by atoms with Crippen LogP contribution in [0.5, 0.6) is 0 Å². The number of fused-ring (bicyclic) bond motifs is 1. The van der Waals surface area contributed by atoms with Gasteiger partial charge in [-0.1, -0.05) is 62.0 Å². The Morgan fingerprint density at radius 3 is 2.42 bits per heavy atom. The summed E-state index contributed by atoms with van der Waals surface area (Å²) in [6, 6.07) is 12.3. The van der Waals surface area contributed by atoms with Crippen molar-refractivity contribution in [3.63, 3.8) is 0 Å². The Bertz CT molecular complexity index is 839. The van der Waals surface area contributed by atoms with E-state index < -0.39 is 5.97 Å². The van der Waals surface area contributed by atoms with Gasteiger partial charge in [-0.3, -0.25) is 20.5 Å². The number of aliphatic carboxylic acids is 1. The second-order valence-corrected chi connectivity index (χ2v) is 8.02. The summed E-state index contributed by atoms with van der Waals surface area (Å²) in [5.41, 5.74) is 2.30. The first-order valence-corrected chi connectivity index (χ1v) is 10.0. The van der Waals surface area contributed by atoms with Crippen molar-refractivity contribution >= 4 is 54.3 Å². The first-order valence-electron chi connectivity index (χ1n) is 8.26. The van der Waals surface area contributed by atoms with E-state index in [1.807, 2.05) is 12.1 Å². The van der Waals surface area contributed by atoms with Crippen molar-refractivity contribution in [3.8, 4) is 0 Å². The van der Waals surface area contributed by atoms with Gasteiger partial charge >= 0.3 is 5.97 Å². The van der Waals surface area contributed by atoms with E-state index in [-0.39, 0.29) is 16.3 Å². The summed E-state index contributed by atoms with van der Waals surface area (Å²) in [7, 11) is 0. The van der Waals surface area contributed by atoms with Gasteiger partial charge in [0, 0.05) is 5.75 Å². The van der Waals surface area contributed by atoms with Crippen LogP contribution in [-0.2, 0) is 11.3 Å². The molecular weight excluding hydrogens is 414 g/mol. The summed E-state index contributed by atoms with van der Waals surface area (Å²) >= 11 is 4.29. The smallest absolute Gasteiger partial charge is 0.304 e. The molecule has 0 saturated heterocycles. The van der Waals surface area contributed by atoms with Gasteiger partial charge in [0.2, 0.25) is 0 Å². The number of hydrogen-bond acceptors (Lipinski definition) is 4. The molecule has 5 nitrogen and oxygen atoms in total. The van der Waals surface area contributed by atoms with Gasteiger partial charge in [0.25, 0.3) is 0 Å². The maximum absolute atomic E-state index is 10.7. The number of nitrogens with zero attached hydrogens (tertiary/aromatic N) is 1. The number of hydrogen-bond donors (Lipinski definition) is 3. The molecule has 0 radical (unpaired) electrons. The third kappa shape index (κ3) is 5.08. The molecule has 0 spiro atoms. The molecule has 0 aliphatic heterocycles. The number of carboxylic acid groups (broad SMARTS) is 1. The first kappa shape index (κ1) is 20.5. The van der Waals surface area contributed by atoms with Crippen LogP contribution in [0.2, 0.25) is 0 Å². The van der Waals surface area contributed by atoms with Crippen molar-refractivity contribution in [1.82, 2.24) is 4.90 Å². The van der Waals surface area contributed by atoms with Gasteiger partial charge in [-0.25, -0.2) is 0 Å². The maximum Gasteiger partial charge on any atom is 0.304 e. The molecule has 0 heterocycles. The fourth-order valence-electron chi connectivity index (χ4n) is 2.74. The number of nitrogens with one attached hydrogen (secondary N) is 2. The lowest BCUT2D eigenvalue weighted by atomic mass is 9.93. The van der Waals surface area contributed by atoms with Gasteiger partial charge in [-0.05, 0) is 43.7 Å². The highest BCUT2D eigenvalue weighted by atomic mass is 79.9. The van der Waals surface area contributed by atoms with Gasteiger partial charge < -0.3 is 5.11 Å². The minimum Gasteiger partial charge on any atom is -0.481 e. The van der Waals surface area contributed by atoms with E-state index in [0.29, 0.717) is 18.2 Å². The van der Waals surface area contributed by atoms with Crippen molar-refractivity contribution in [2.45, 2.75) is 32.7 Å². The Labute approximate surface area is 165 Å². The highest BCUT2D eigenvalue weighted by Gasteiger charge is 2.17. The fourth-order valence-corrected chi connectivity index (χ4v) is 3.94. The Morgan fingerprint density at radius 1 is 1.19 bits per heavy atom. The van der Waals surface area contributed by atoms with E-state index >= 15 is 0 Å². The largest absolute Gasteiger partial charge is 0.481 e. The average molecular weight is 436 g/mol. The molecule has 0 aromatic heterocycles. The Kier molecular flexibility index (Phi) is 7.23. The quantitative estimate of drug-likeness (QED) is 0.328. The van der Waals surface area contributed by atoms with Crippen molar-refractivity contribution in [2.75, 3.05) is 5.75 Å². The van der Waals surface area contributed by atoms with Crippen LogP contribution >= 0.6 is 27.7 Å². The van der Waals surface area contributed by atoms with Crippen LogP contribution in [0, 0.1) is 10.8 Å². The molecule has 2 aromatic carbocycles. The van der Waals surface area contributed by atoms with Crippen LogP contribution in [0.3, 0.4) is 0 Å². The molecular formula is C19H22BrN3O2S. The first-order chi connectivity index (χ1) is 12.3. The molecule has 138 valence electrons. The third-order valence-corrected chi connectivity index (χ3v) is 5.37. The Balaban J connectivity index is 2.29. The van der Waals surface area contributed by atoms with E-state index in [1.54, 1.807) is 0 Å². The van der Waals surface area contributed by atoms with Gasteiger partial charge in [-0.2, -0.15) is 0 Å². The van der Waals surface area contributed by atoms with E-state index in [1.165, 1.54) is 15.8 Å². The van der Waals surface area contributed by atoms with Gasteiger partial charge in [0.15, 0.2) is 9.91 Å². The highest BCUT2D eigenvalue weighted by Crippen LogP contribution is 2.29.